The molecule has 14 heavy (non-hydrogen) atoms. The average Bonchev–Trinajstić information content (AvgIpc) is 1.76. The third kappa shape index (κ3) is 8.62. The molecule has 0 radical (unpaired) electrons. The summed E-state index contributed by atoms with van der Waals surface area (Å²) in [6.45, 7) is 0.119. The SMILES string of the molecule is C[N+](C)(C)COP(=O)(O)O[N+](C)(C)C. The lowest BCUT2D eigenvalue weighted by Crippen LogP contribution is -2.38. The van der Waals surface area contributed by atoms with Crippen molar-refractivity contribution < 1.29 is 27.7 Å². The molecule has 0 aromatic rings. The second-order valence-electron chi connectivity index (χ2n) is 4.99. The standard InChI is InChI=1S/C7H20N2O4P/c1-8(2,3)7-12-14(10,11)13-9(4,5)6/h7H2,1-6H3/q+1/p+1. The Labute approximate surface area is 85.4 Å². The Kier molecular flexibility index (Phi) is 4.27. The Hall–Kier alpha value is 0.0300. The van der Waals surface area contributed by atoms with Crippen molar-refractivity contribution in [3.05, 3.63) is 0 Å². The third-order valence-corrected chi connectivity index (χ3v) is 2.09. The molecule has 1 N–H and O–H groups in total. The van der Waals surface area contributed by atoms with E-state index in [1.165, 1.54) is 0 Å². The van der Waals surface area contributed by atoms with Gasteiger partial charge in [0.15, 0.2) is 6.73 Å². The summed E-state index contributed by atoms with van der Waals surface area (Å²) in [5.74, 6) is 0. The van der Waals surface area contributed by atoms with Crippen LogP contribution in [0.25, 0.3) is 0 Å². The largest absolute Gasteiger partial charge is 0.522 e. The van der Waals surface area contributed by atoms with Crippen molar-refractivity contribution in [1.29, 1.82) is 0 Å². The lowest BCUT2D eigenvalue weighted by atomic mass is 10.7. The minimum atomic E-state index is -3.95. The molecular formula is C7H21N2O4P+2. The fraction of sp³-hybridized carbons (Fsp3) is 1.00. The van der Waals surface area contributed by atoms with Gasteiger partial charge in [-0.05, 0) is 0 Å². The maximum Gasteiger partial charge on any atom is 0.522 e. The molecule has 0 saturated heterocycles. The van der Waals surface area contributed by atoms with Crippen molar-refractivity contribution in [3.8, 4) is 0 Å². The summed E-state index contributed by atoms with van der Waals surface area (Å²) in [5.41, 5.74) is 0. The van der Waals surface area contributed by atoms with Crippen molar-refractivity contribution in [2.24, 2.45) is 0 Å². The van der Waals surface area contributed by atoms with Gasteiger partial charge < -0.3 is 4.48 Å². The zero-order valence-electron chi connectivity index (χ0n) is 9.72. The minimum Gasteiger partial charge on any atom is -0.308 e. The summed E-state index contributed by atoms with van der Waals surface area (Å²) < 4.78 is 21.4. The number of phosphoric ester groups is 1. The van der Waals surface area contributed by atoms with Gasteiger partial charge in [0.2, 0.25) is 0 Å². The number of hydroxylamine groups is 3. The molecule has 0 aliphatic carbocycles. The van der Waals surface area contributed by atoms with Crippen molar-refractivity contribution >= 4 is 7.82 Å². The van der Waals surface area contributed by atoms with Crippen LogP contribution in [0.5, 0.6) is 0 Å². The molecule has 0 aromatic heterocycles. The maximum atomic E-state index is 11.4. The van der Waals surface area contributed by atoms with Gasteiger partial charge in [-0.25, -0.2) is 9.09 Å². The Balaban J connectivity index is 4.17. The fourth-order valence-electron chi connectivity index (χ4n) is 0.579. The molecule has 0 heterocycles. The molecule has 1 unspecified atom stereocenters. The molecule has 7 heteroatoms. The van der Waals surface area contributed by atoms with Crippen LogP contribution in [0.3, 0.4) is 0 Å². The molecular weight excluding hydrogens is 207 g/mol. The number of rotatable bonds is 5. The van der Waals surface area contributed by atoms with Gasteiger partial charge in [0.05, 0.1) is 42.3 Å². The van der Waals surface area contributed by atoms with Gasteiger partial charge in [-0.15, -0.1) is 0 Å². The van der Waals surface area contributed by atoms with Gasteiger partial charge in [-0.3, -0.25) is 4.89 Å². The Morgan fingerprint density at radius 2 is 1.57 bits per heavy atom. The quantitative estimate of drug-likeness (QED) is 0.320. The van der Waals surface area contributed by atoms with Gasteiger partial charge in [-0.2, -0.15) is 4.65 Å². The van der Waals surface area contributed by atoms with Gasteiger partial charge >= 0.3 is 7.82 Å². The van der Waals surface area contributed by atoms with E-state index in [1.807, 2.05) is 21.1 Å². The van der Waals surface area contributed by atoms with E-state index in [-0.39, 0.29) is 11.4 Å². The number of nitrogens with zero attached hydrogens (tertiary/aromatic N) is 2. The van der Waals surface area contributed by atoms with E-state index in [0.29, 0.717) is 4.48 Å². The van der Waals surface area contributed by atoms with Crippen molar-refractivity contribution in [3.63, 3.8) is 0 Å². The molecule has 0 aliphatic rings. The zero-order chi connectivity index (χ0) is 11.6. The number of hydrogen-bond donors (Lipinski definition) is 1. The molecule has 86 valence electrons. The van der Waals surface area contributed by atoms with Crippen molar-refractivity contribution in [2.45, 2.75) is 0 Å². The van der Waals surface area contributed by atoms with E-state index in [9.17, 15) is 9.46 Å². The topological polar surface area (TPSA) is 55.8 Å². The van der Waals surface area contributed by atoms with Crippen molar-refractivity contribution in [1.82, 2.24) is 0 Å². The maximum absolute atomic E-state index is 11.4. The first-order valence-corrected chi connectivity index (χ1v) is 5.71. The summed E-state index contributed by atoms with van der Waals surface area (Å²) in [6, 6.07) is 0. The summed E-state index contributed by atoms with van der Waals surface area (Å²) in [6.07, 6.45) is 0. The highest BCUT2D eigenvalue weighted by Crippen LogP contribution is 2.45. The van der Waals surface area contributed by atoms with Crippen LogP contribution in [0.15, 0.2) is 0 Å². The molecule has 0 spiro atoms. The van der Waals surface area contributed by atoms with E-state index in [4.69, 9.17) is 9.15 Å². The average molecular weight is 228 g/mol. The summed E-state index contributed by atoms with van der Waals surface area (Å²) in [7, 11) is 6.52. The van der Waals surface area contributed by atoms with E-state index in [2.05, 4.69) is 0 Å². The second kappa shape index (κ2) is 4.26. The Morgan fingerprint density at radius 1 is 1.14 bits per heavy atom. The zero-order valence-corrected chi connectivity index (χ0v) is 10.6. The first-order chi connectivity index (χ1) is 5.91. The van der Waals surface area contributed by atoms with Crippen molar-refractivity contribution in [2.75, 3.05) is 49.0 Å². The lowest BCUT2D eigenvalue weighted by Gasteiger charge is -2.26. The number of quaternary nitrogens is 2. The Bertz CT molecular complexity index is 231. The van der Waals surface area contributed by atoms with Gasteiger partial charge in [0.1, 0.15) is 0 Å². The summed E-state index contributed by atoms with van der Waals surface area (Å²) in [5, 5.41) is 0. The summed E-state index contributed by atoms with van der Waals surface area (Å²) in [4.78, 5) is 9.30. The first-order valence-electron chi connectivity index (χ1n) is 4.22. The smallest absolute Gasteiger partial charge is 0.308 e. The van der Waals surface area contributed by atoms with Crippen LogP contribution in [-0.4, -0.2) is 63.0 Å². The monoisotopic (exact) mass is 228 g/mol. The normalized spacial score (nSPS) is 17.9. The van der Waals surface area contributed by atoms with Crippen LogP contribution >= 0.6 is 7.82 Å². The number of hydrogen-bond acceptors (Lipinski definition) is 3. The van der Waals surface area contributed by atoms with Crippen LogP contribution in [-0.2, 0) is 13.7 Å². The predicted octanol–water partition coefficient (Wildman–Crippen LogP) is 0.405. The molecule has 0 bridgehead atoms. The van der Waals surface area contributed by atoms with Crippen LogP contribution in [0.2, 0.25) is 0 Å². The molecule has 0 amide bonds. The van der Waals surface area contributed by atoms with E-state index >= 15 is 0 Å². The van der Waals surface area contributed by atoms with E-state index < -0.39 is 7.82 Å². The fourth-order valence-corrected chi connectivity index (χ4v) is 1.74. The van der Waals surface area contributed by atoms with Crippen LogP contribution < -0.4 is 0 Å². The molecule has 0 saturated carbocycles. The van der Waals surface area contributed by atoms with Crippen LogP contribution in [0, 0.1) is 0 Å². The molecule has 1 atom stereocenters. The molecule has 6 nitrogen and oxygen atoms in total. The highest BCUT2D eigenvalue weighted by Gasteiger charge is 2.32. The highest BCUT2D eigenvalue weighted by molar-refractivity contribution is 7.47. The number of phosphoric acid groups is 1. The predicted molar refractivity (Wildman–Crippen MR) is 52.9 cm³/mol. The molecule has 0 rings (SSSR count). The van der Waals surface area contributed by atoms with Gasteiger partial charge in [0.25, 0.3) is 0 Å². The van der Waals surface area contributed by atoms with Gasteiger partial charge in [-0.1, -0.05) is 4.62 Å². The minimum absolute atomic E-state index is 0.0785. The third-order valence-electron chi connectivity index (χ3n) is 0.956. The first kappa shape index (κ1) is 14.0. The molecule has 0 fully saturated rings. The molecule has 0 aliphatic heterocycles. The lowest BCUT2D eigenvalue weighted by molar-refractivity contribution is -1.04. The van der Waals surface area contributed by atoms with Gasteiger partial charge in [0, 0.05) is 0 Å². The second-order valence-corrected chi connectivity index (χ2v) is 6.35. The highest BCUT2D eigenvalue weighted by atomic mass is 31.2. The van der Waals surface area contributed by atoms with Crippen LogP contribution in [0.1, 0.15) is 0 Å². The van der Waals surface area contributed by atoms with E-state index in [1.54, 1.807) is 21.1 Å². The van der Waals surface area contributed by atoms with Crippen LogP contribution in [0.4, 0.5) is 0 Å². The van der Waals surface area contributed by atoms with E-state index in [0.717, 1.165) is 0 Å². The molecule has 0 aromatic carbocycles. The summed E-state index contributed by atoms with van der Waals surface area (Å²) >= 11 is 0. The Morgan fingerprint density at radius 3 is 1.86 bits per heavy atom.